The summed E-state index contributed by atoms with van der Waals surface area (Å²) in [6.45, 7) is 13.0. The molecule has 1 aromatic rings. The van der Waals surface area contributed by atoms with Crippen molar-refractivity contribution in [2.24, 2.45) is 5.92 Å². The summed E-state index contributed by atoms with van der Waals surface area (Å²) in [5, 5.41) is 6.57. The molecule has 2 atom stereocenters. The number of carbonyl (C=O) groups excluding carboxylic acids is 1. The van der Waals surface area contributed by atoms with Crippen molar-refractivity contribution in [1.82, 2.24) is 10.2 Å². The lowest BCUT2D eigenvalue weighted by Crippen LogP contribution is -2.31. The number of anilines is 1. The Bertz CT molecular complexity index is 510. The number of hydrogen-bond donors (Lipinski definition) is 2. The SMILES string of the molecule is CC(C)NC(=O)Cc1ccc(N[C@@H]2CN(C(C)C)C[C@H]2C)cc1. The molecule has 0 unspecified atom stereocenters. The Hall–Kier alpha value is -1.55. The van der Waals surface area contributed by atoms with E-state index >= 15 is 0 Å². The van der Waals surface area contributed by atoms with Gasteiger partial charge in [0.1, 0.15) is 0 Å². The molecule has 2 rings (SSSR count). The Balaban J connectivity index is 1.89. The lowest BCUT2D eigenvalue weighted by molar-refractivity contribution is -0.120. The quantitative estimate of drug-likeness (QED) is 0.848. The molecule has 1 fully saturated rings. The smallest absolute Gasteiger partial charge is 0.224 e. The first kappa shape index (κ1) is 17.8. The number of hydrogen-bond acceptors (Lipinski definition) is 3. The van der Waals surface area contributed by atoms with Crippen molar-refractivity contribution in [2.45, 2.75) is 59.2 Å². The van der Waals surface area contributed by atoms with Gasteiger partial charge in [0.05, 0.1) is 6.42 Å². The maximum Gasteiger partial charge on any atom is 0.224 e. The van der Waals surface area contributed by atoms with E-state index in [-0.39, 0.29) is 11.9 Å². The minimum Gasteiger partial charge on any atom is -0.381 e. The van der Waals surface area contributed by atoms with Crippen LogP contribution < -0.4 is 10.6 Å². The van der Waals surface area contributed by atoms with Crippen LogP contribution in [0.2, 0.25) is 0 Å². The van der Waals surface area contributed by atoms with Crippen LogP contribution in [-0.2, 0) is 11.2 Å². The molecular weight excluding hydrogens is 286 g/mol. The number of carbonyl (C=O) groups is 1. The van der Waals surface area contributed by atoms with Gasteiger partial charge in [-0.3, -0.25) is 9.69 Å². The van der Waals surface area contributed by atoms with Gasteiger partial charge in [-0.15, -0.1) is 0 Å². The number of nitrogens with zero attached hydrogens (tertiary/aromatic N) is 1. The first-order chi connectivity index (χ1) is 10.8. The van der Waals surface area contributed by atoms with E-state index in [0.29, 0.717) is 24.4 Å². The van der Waals surface area contributed by atoms with Crippen molar-refractivity contribution in [1.29, 1.82) is 0 Å². The van der Waals surface area contributed by atoms with Crippen molar-refractivity contribution in [3.8, 4) is 0 Å². The monoisotopic (exact) mass is 317 g/mol. The molecule has 1 saturated heterocycles. The van der Waals surface area contributed by atoms with Crippen molar-refractivity contribution in [3.63, 3.8) is 0 Å². The molecule has 4 nitrogen and oxygen atoms in total. The Kier molecular flexibility index (Phi) is 6.05. The number of benzene rings is 1. The topological polar surface area (TPSA) is 44.4 Å². The van der Waals surface area contributed by atoms with Gasteiger partial charge < -0.3 is 10.6 Å². The van der Waals surface area contributed by atoms with Gasteiger partial charge in [-0.2, -0.15) is 0 Å². The van der Waals surface area contributed by atoms with E-state index in [1.807, 2.05) is 26.0 Å². The number of likely N-dealkylation sites (tertiary alicyclic amines) is 1. The van der Waals surface area contributed by atoms with Crippen LogP contribution in [0.5, 0.6) is 0 Å². The lowest BCUT2D eigenvalue weighted by Gasteiger charge is -2.21. The number of rotatable bonds is 6. The normalized spacial score (nSPS) is 21.9. The third kappa shape index (κ3) is 5.24. The van der Waals surface area contributed by atoms with Gasteiger partial charge in [-0.05, 0) is 51.3 Å². The molecule has 1 amide bonds. The van der Waals surface area contributed by atoms with Gasteiger partial charge in [0, 0.05) is 36.9 Å². The van der Waals surface area contributed by atoms with E-state index in [0.717, 1.165) is 24.3 Å². The molecule has 1 aliphatic rings. The summed E-state index contributed by atoms with van der Waals surface area (Å²) in [6.07, 6.45) is 0.444. The average Bonchev–Trinajstić information content (AvgIpc) is 2.82. The fourth-order valence-corrected chi connectivity index (χ4v) is 3.11. The summed E-state index contributed by atoms with van der Waals surface area (Å²) < 4.78 is 0. The van der Waals surface area contributed by atoms with E-state index in [1.165, 1.54) is 0 Å². The highest BCUT2D eigenvalue weighted by molar-refractivity contribution is 5.78. The van der Waals surface area contributed by atoms with E-state index in [2.05, 4.69) is 48.4 Å². The van der Waals surface area contributed by atoms with Gasteiger partial charge in [-0.1, -0.05) is 19.1 Å². The lowest BCUT2D eigenvalue weighted by atomic mass is 10.1. The van der Waals surface area contributed by atoms with E-state index in [4.69, 9.17) is 0 Å². The van der Waals surface area contributed by atoms with E-state index in [9.17, 15) is 4.79 Å². The van der Waals surface area contributed by atoms with Gasteiger partial charge in [0.2, 0.25) is 5.91 Å². The van der Waals surface area contributed by atoms with Crippen LogP contribution in [0.3, 0.4) is 0 Å². The molecule has 128 valence electrons. The maximum atomic E-state index is 11.8. The Morgan fingerprint density at radius 2 is 1.83 bits per heavy atom. The summed E-state index contributed by atoms with van der Waals surface area (Å²) in [5.41, 5.74) is 2.19. The zero-order chi connectivity index (χ0) is 17.0. The van der Waals surface area contributed by atoms with Crippen molar-refractivity contribution < 1.29 is 4.79 Å². The van der Waals surface area contributed by atoms with Crippen LogP contribution in [0, 0.1) is 5.92 Å². The zero-order valence-corrected chi connectivity index (χ0v) is 15.1. The molecule has 1 aliphatic heterocycles. The number of nitrogens with one attached hydrogen (secondary N) is 2. The van der Waals surface area contributed by atoms with Crippen LogP contribution in [0.1, 0.15) is 40.2 Å². The van der Waals surface area contributed by atoms with Crippen LogP contribution in [0.4, 0.5) is 5.69 Å². The van der Waals surface area contributed by atoms with Gasteiger partial charge in [-0.25, -0.2) is 0 Å². The highest BCUT2D eigenvalue weighted by atomic mass is 16.1. The highest BCUT2D eigenvalue weighted by Crippen LogP contribution is 2.22. The Morgan fingerprint density at radius 1 is 1.17 bits per heavy atom. The molecule has 23 heavy (non-hydrogen) atoms. The summed E-state index contributed by atoms with van der Waals surface area (Å²) in [5.74, 6) is 0.728. The van der Waals surface area contributed by atoms with Crippen molar-refractivity contribution in [3.05, 3.63) is 29.8 Å². The van der Waals surface area contributed by atoms with Gasteiger partial charge in [0.15, 0.2) is 0 Å². The molecule has 0 spiro atoms. The second-order valence-corrected chi connectivity index (χ2v) is 7.37. The largest absolute Gasteiger partial charge is 0.381 e. The second kappa shape index (κ2) is 7.82. The Labute approximate surface area is 140 Å². The highest BCUT2D eigenvalue weighted by Gasteiger charge is 2.30. The molecule has 2 N–H and O–H groups in total. The molecule has 0 aliphatic carbocycles. The fourth-order valence-electron chi connectivity index (χ4n) is 3.11. The summed E-state index contributed by atoms with van der Waals surface area (Å²) >= 11 is 0. The molecule has 0 saturated carbocycles. The third-order valence-corrected chi connectivity index (χ3v) is 4.49. The van der Waals surface area contributed by atoms with Crippen LogP contribution in [0.15, 0.2) is 24.3 Å². The van der Waals surface area contributed by atoms with Crippen LogP contribution in [-0.4, -0.2) is 42.0 Å². The Morgan fingerprint density at radius 3 is 2.35 bits per heavy atom. The summed E-state index contributed by atoms with van der Waals surface area (Å²) in [7, 11) is 0. The van der Waals surface area contributed by atoms with E-state index in [1.54, 1.807) is 0 Å². The van der Waals surface area contributed by atoms with E-state index < -0.39 is 0 Å². The minimum absolute atomic E-state index is 0.0812. The third-order valence-electron chi connectivity index (χ3n) is 4.49. The van der Waals surface area contributed by atoms with Gasteiger partial charge in [0.25, 0.3) is 0 Å². The molecule has 1 heterocycles. The minimum atomic E-state index is 0.0812. The average molecular weight is 317 g/mol. The first-order valence-electron chi connectivity index (χ1n) is 8.74. The van der Waals surface area contributed by atoms with Crippen LogP contribution >= 0.6 is 0 Å². The molecule has 1 aromatic carbocycles. The fraction of sp³-hybridized carbons (Fsp3) is 0.632. The molecular formula is C19H31N3O. The molecule has 0 aromatic heterocycles. The van der Waals surface area contributed by atoms with Crippen molar-refractivity contribution >= 4 is 11.6 Å². The van der Waals surface area contributed by atoms with Gasteiger partial charge >= 0.3 is 0 Å². The first-order valence-corrected chi connectivity index (χ1v) is 8.74. The number of amides is 1. The zero-order valence-electron chi connectivity index (χ0n) is 15.1. The van der Waals surface area contributed by atoms with Crippen LogP contribution in [0.25, 0.3) is 0 Å². The molecule has 0 radical (unpaired) electrons. The van der Waals surface area contributed by atoms with Crippen molar-refractivity contribution in [2.75, 3.05) is 18.4 Å². The summed E-state index contributed by atoms with van der Waals surface area (Å²) in [4.78, 5) is 14.3. The summed E-state index contributed by atoms with van der Waals surface area (Å²) in [6, 6.07) is 9.55. The predicted molar refractivity (Wildman–Crippen MR) is 96.7 cm³/mol. The predicted octanol–water partition coefficient (Wildman–Crippen LogP) is 2.89. The molecule has 4 heteroatoms. The standard InChI is InChI=1S/C19H31N3O/c1-13(2)20-19(23)10-16-6-8-17(9-7-16)21-18-12-22(14(3)4)11-15(18)5/h6-9,13-15,18,21H,10-12H2,1-5H3,(H,20,23)/t15-,18-/m1/s1. The second-order valence-electron chi connectivity index (χ2n) is 7.37. The molecule has 0 bridgehead atoms. The maximum absolute atomic E-state index is 11.8.